The van der Waals surface area contributed by atoms with Crippen LogP contribution in [0, 0.1) is 0 Å². The van der Waals surface area contributed by atoms with Crippen LogP contribution >= 0.6 is 11.6 Å². The van der Waals surface area contributed by atoms with Gasteiger partial charge in [0.25, 0.3) is 5.91 Å². The molecule has 0 unspecified atom stereocenters. The molecule has 0 saturated carbocycles. The summed E-state index contributed by atoms with van der Waals surface area (Å²) in [6, 6.07) is 14.7. The minimum atomic E-state index is -0.173. The second-order valence-electron chi connectivity index (χ2n) is 6.28. The summed E-state index contributed by atoms with van der Waals surface area (Å²) in [5.74, 6) is -0.227. The summed E-state index contributed by atoms with van der Waals surface area (Å²) in [6.07, 6.45) is 1.83. The molecule has 0 atom stereocenters. The normalized spacial score (nSPS) is 13.3. The highest BCUT2D eigenvalue weighted by Crippen LogP contribution is 2.31. The minimum Gasteiger partial charge on any atom is -0.301 e. The van der Waals surface area contributed by atoms with Crippen molar-refractivity contribution in [3.8, 4) is 0 Å². The summed E-state index contributed by atoms with van der Waals surface area (Å²) in [6.45, 7) is 3.98. The van der Waals surface area contributed by atoms with Gasteiger partial charge in [0.15, 0.2) is 5.78 Å². The van der Waals surface area contributed by atoms with Gasteiger partial charge in [0, 0.05) is 34.8 Å². The molecule has 26 heavy (non-hydrogen) atoms. The van der Waals surface area contributed by atoms with E-state index >= 15 is 0 Å². The van der Waals surface area contributed by atoms with Crippen LogP contribution in [-0.4, -0.2) is 28.1 Å². The third kappa shape index (κ3) is 2.89. The standard InChI is InChI=1S/C21H15ClN2O2/c1-13-18-4-2-3-5-19(18)21(26)24(13)12-17(25)9-14-6-7-20-15(8-14)10-16(22)11-23-20/h2-8,10-11H,1,9,12H2. The number of carbonyl (C=O) groups is 2. The van der Waals surface area contributed by atoms with Crippen LogP contribution in [0.1, 0.15) is 21.5 Å². The van der Waals surface area contributed by atoms with Gasteiger partial charge in [0.2, 0.25) is 0 Å². The second kappa shape index (κ2) is 6.39. The first-order valence-electron chi connectivity index (χ1n) is 8.19. The number of rotatable bonds is 4. The van der Waals surface area contributed by atoms with Crippen molar-refractivity contribution in [2.45, 2.75) is 6.42 Å². The lowest BCUT2D eigenvalue weighted by Gasteiger charge is -2.16. The zero-order valence-corrected chi connectivity index (χ0v) is 14.7. The number of nitrogens with zero attached hydrogens (tertiary/aromatic N) is 2. The van der Waals surface area contributed by atoms with E-state index in [9.17, 15) is 9.59 Å². The number of benzene rings is 2. The van der Waals surface area contributed by atoms with Crippen molar-refractivity contribution in [3.05, 3.63) is 83.0 Å². The molecule has 0 bridgehead atoms. The van der Waals surface area contributed by atoms with E-state index in [1.165, 1.54) is 4.90 Å². The predicted molar refractivity (Wildman–Crippen MR) is 102 cm³/mol. The van der Waals surface area contributed by atoms with Crippen molar-refractivity contribution >= 4 is 39.9 Å². The number of carbonyl (C=O) groups excluding carboxylic acids is 2. The van der Waals surface area contributed by atoms with Gasteiger partial charge < -0.3 is 4.90 Å². The summed E-state index contributed by atoms with van der Waals surface area (Å²) in [7, 11) is 0. The van der Waals surface area contributed by atoms with Crippen molar-refractivity contribution in [2.24, 2.45) is 0 Å². The maximum Gasteiger partial charge on any atom is 0.259 e. The maximum atomic E-state index is 12.5. The highest BCUT2D eigenvalue weighted by molar-refractivity contribution is 6.31. The first-order valence-corrected chi connectivity index (χ1v) is 8.57. The quantitative estimate of drug-likeness (QED) is 0.701. The Hall–Kier alpha value is -2.98. The van der Waals surface area contributed by atoms with Crippen LogP contribution in [0.5, 0.6) is 0 Å². The van der Waals surface area contributed by atoms with Crippen molar-refractivity contribution in [1.29, 1.82) is 0 Å². The largest absolute Gasteiger partial charge is 0.301 e. The fraction of sp³-hybridized carbons (Fsp3) is 0.0952. The Morgan fingerprint density at radius 1 is 1.12 bits per heavy atom. The second-order valence-corrected chi connectivity index (χ2v) is 6.72. The van der Waals surface area contributed by atoms with Gasteiger partial charge in [-0.1, -0.05) is 42.4 Å². The van der Waals surface area contributed by atoms with E-state index in [-0.39, 0.29) is 24.7 Å². The predicted octanol–water partition coefficient (Wildman–Crippen LogP) is 4.13. The summed E-state index contributed by atoms with van der Waals surface area (Å²) < 4.78 is 0. The van der Waals surface area contributed by atoms with Crippen molar-refractivity contribution in [2.75, 3.05) is 6.54 Å². The maximum absolute atomic E-state index is 12.5. The van der Waals surface area contributed by atoms with E-state index in [1.54, 1.807) is 12.3 Å². The summed E-state index contributed by atoms with van der Waals surface area (Å²) >= 11 is 5.98. The molecular formula is C21H15ClN2O2. The van der Waals surface area contributed by atoms with E-state index in [2.05, 4.69) is 11.6 Å². The number of hydrogen-bond acceptors (Lipinski definition) is 3. The van der Waals surface area contributed by atoms with Crippen LogP contribution in [0.25, 0.3) is 16.6 Å². The molecule has 1 aliphatic heterocycles. The number of amides is 1. The molecule has 0 fully saturated rings. The van der Waals surface area contributed by atoms with E-state index < -0.39 is 0 Å². The third-order valence-corrected chi connectivity index (χ3v) is 4.69. The zero-order valence-electron chi connectivity index (χ0n) is 13.9. The molecule has 2 heterocycles. The fourth-order valence-electron chi connectivity index (χ4n) is 3.23. The van der Waals surface area contributed by atoms with Gasteiger partial charge >= 0.3 is 0 Å². The Labute approximate surface area is 155 Å². The Morgan fingerprint density at radius 3 is 2.65 bits per heavy atom. The lowest BCUT2D eigenvalue weighted by molar-refractivity contribution is -0.118. The molecule has 1 amide bonds. The number of pyridine rings is 1. The smallest absolute Gasteiger partial charge is 0.259 e. The number of hydrogen-bond donors (Lipinski definition) is 0. The fourth-order valence-corrected chi connectivity index (χ4v) is 3.39. The van der Waals surface area contributed by atoms with Crippen LogP contribution < -0.4 is 0 Å². The summed E-state index contributed by atoms with van der Waals surface area (Å²) in [5, 5.41) is 1.44. The number of halogens is 1. The molecule has 4 rings (SSSR count). The van der Waals surface area contributed by atoms with Gasteiger partial charge in [-0.15, -0.1) is 0 Å². The first kappa shape index (κ1) is 16.5. The average Bonchev–Trinajstić information content (AvgIpc) is 2.87. The number of aromatic nitrogens is 1. The topological polar surface area (TPSA) is 50.3 Å². The van der Waals surface area contributed by atoms with E-state index in [1.807, 2.05) is 42.5 Å². The van der Waals surface area contributed by atoms with Crippen molar-refractivity contribution in [1.82, 2.24) is 9.88 Å². The van der Waals surface area contributed by atoms with Crippen LogP contribution in [0.4, 0.5) is 0 Å². The summed E-state index contributed by atoms with van der Waals surface area (Å²) in [4.78, 5) is 30.7. The van der Waals surface area contributed by atoms with Gasteiger partial charge in [-0.3, -0.25) is 14.6 Å². The van der Waals surface area contributed by atoms with Gasteiger partial charge in [-0.05, 0) is 29.8 Å². The third-order valence-electron chi connectivity index (χ3n) is 4.49. The molecule has 3 aromatic rings. The number of fused-ring (bicyclic) bond motifs is 2. The van der Waals surface area contributed by atoms with Crippen LogP contribution in [-0.2, 0) is 11.2 Å². The highest BCUT2D eigenvalue weighted by atomic mass is 35.5. The molecule has 0 radical (unpaired) electrons. The highest BCUT2D eigenvalue weighted by Gasteiger charge is 2.31. The molecule has 0 saturated heterocycles. The molecule has 1 aromatic heterocycles. The molecule has 0 aliphatic carbocycles. The van der Waals surface area contributed by atoms with Gasteiger partial charge in [0.1, 0.15) is 0 Å². The van der Waals surface area contributed by atoms with Gasteiger partial charge in [-0.2, -0.15) is 0 Å². The first-order chi connectivity index (χ1) is 12.5. The van der Waals surface area contributed by atoms with E-state index in [0.29, 0.717) is 16.3 Å². The van der Waals surface area contributed by atoms with Crippen molar-refractivity contribution in [3.63, 3.8) is 0 Å². The van der Waals surface area contributed by atoms with E-state index in [0.717, 1.165) is 22.0 Å². The molecule has 2 aromatic carbocycles. The minimum absolute atomic E-state index is 0.0121. The lowest BCUT2D eigenvalue weighted by Crippen LogP contribution is -2.30. The molecule has 1 aliphatic rings. The Balaban J connectivity index is 1.51. The Kier molecular flexibility index (Phi) is 4.05. The Bertz CT molecular complexity index is 1040. The average molecular weight is 363 g/mol. The van der Waals surface area contributed by atoms with Crippen LogP contribution in [0.2, 0.25) is 5.02 Å². The molecule has 0 spiro atoms. The molecular weight excluding hydrogens is 348 g/mol. The number of ketones is 1. The monoisotopic (exact) mass is 362 g/mol. The van der Waals surface area contributed by atoms with E-state index in [4.69, 9.17) is 11.6 Å². The molecule has 128 valence electrons. The van der Waals surface area contributed by atoms with Crippen LogP contribution in [0.3, 0.4) is 0 Å². The Morgan fingerprint density at radius 2 is 1.88 bits per heavy atom. The molecule has 4 nitrogen and oxygen atoms in total. The lowest BCUT2D eigenvalue weighted by atomic mass is 10.1. The SMILES string of the molecule is C=C1c2ccccc2C(=O)N1CC(=O)Cc1ccc2ncc(Cl)cc2c1. The number of Topliss-reactive ketones (excluding diaryl/α,β-unsaturated/α-hetero) is 1. The van der Waals surface area contributed by atoms with Crippen molar-refractivity contribution < 1.29 is 9.59 Å². The summed E-state index contributed by atoms with van der Waals surface area (Å²) in [5.41, 5.74) is 3.65. The van der Waals surface area contributed by atoms with Gasteiger partial charge in [0.05, 0.1) is 17.1 Å². The van der Waals surface area contributed by atoms with Crippen LogP contribution in [0.15, 0.2) is 61.3 Å². The molecule has 0 N–H and O–H groups in total. The molecule has 5 heteroatoms. The van der Waals surface area contributed by atoms with Gasteiger partial charge in [-0.25, -0.2) is 0 Å². The zero-order chi connectivity index (χ0) is 18.3.